The summed E-state index contributed by atoms with van der Waals surface area (Å²) >= 11 is 0. The summed E-state index contributed by atoms with van der Waals surface area (Å²) in [4.78, 5) is 6.77. The van der Waals surface area contributed by atoms with Crippen LogP contribution in [-0.2, 0) is 0 Å². The molecule has 3 nitrogen and oxygen atoms in total. The lowest BCUT2D eigenvalue weighted by atomic mass is 10.1. The summed E-state index contributed by atoms with van der Waals surface area (Å²) in [5.41, 5.74) is 9.15. The fourth-order valence-corrected chi connectivity index (χ4v) is 2.57. The molecular weight excluding hydrogens is 210 g/mol. The molecule has 1 aromatic heterocycles. The van der Waals surface area contributed by atoms with Gasteiger partial charge in [0.15, 0.2) is 0 Å². The number of piperidine rings is 1. The second kappa shape index (κ2) is 4.24. The summed E-state index contributed by atoms with van der Waals surface area (Å²) in [6, 6.07) is 8.24. The van der Waals surface area contributed by atoms with E-state index in [2.05, 4.69) is 28.1 Å². The van der Waals surface area contributed by atoms with E-state index >= 15 is 0 Å². The fraction of sp³-hybridized carbons (Fsp3) is 0.357. The summed E-state index contributed by atoms with van der Waals surface area (Å²) < 4.78 is 0. The number of benzene rings is 1. The zero-order valence-electron chi connectivity index (χ0n) is 9.89. The van der Waals surface area contributed by atoms with Crippen LogP contribution in [0, 0.1) is 0 Å². The van der Waals surface area contributed by atoms with E-state index in [1.165, 1.54) is 19.3 Å². The molecule has 0 bridgehead atoms. The molecule has 1 aliphatic heterocycles. The SMILES string of the molecule is Nc1c(N2CCCCC2)ccc2cccnc12. The Bertz CT molecular complexity index is 530. The van der Waals surface area contributed by atoms with Crippen LogP contribution >= 0.6 is 0 Å². The molecule has 3 heteroatoms. The van der Waals surface area contributed by atoms with Crippen molar-refractivity contribution >= 4 is 22.3 Å². The quantitative estimate of drug-likeness (QED) is 0.762. The molecule has 1 aromatic carbocycles. The monoisotopic (exact) mass is 227 g/mol. The van der Waals surface area contributed by atoms with Gasteiger partial charge in [-0.3, -0.25) is 4.98 Å². The van der Waals surface area contributed by atoms with Crippen molar-refractivity contribution in [1.82, 2.24) is 4.98 Å². The van der Waals surface area contributed by atoms with Crippen LogP contribution < -0.4 is 10.6 Å². The molecule has 2 aromatic rings. The topological polar surface area (TPSA) is 42.1 Å². The van der Waals surface area contributed by atoms with Gasteiger partial charge < -0.3 is 10.6 Å². The second-order valence-corrected chi connectivity index (χ2v) is 4.62. The van der Waals surface area contributed by atoms with Gasteiger partial charge in [0.1, 0.15) is 0 Å². The van der Waals surface area contributed by atoms with Gasteiger partial charge in [0, 0.05) is 24.7 Å². The number of nitrogens with zero attached hydrogens (tertiary/aromatic N) is 2. The molecule has 2 N–H and O–H groups in total. The van der Waals surface area contributed by atoms with Gasteiger partial charge in [-0.2, -0.15) is 0 Å². The number of nitrogen functional groups attached to an aromatic ring is 1. The molecule has 0 radical (unpaired) electrons. The van der Waals surface area contributed by atoms with E-state index in [1.54, 1.807) is 6.20 Å². The lowest BCUT2D eigenvalue weighted by Gasteiger charge is -2.30. The van der Waals surface area contributed by atoms with E-state index in [0.29, 0.717) is 0 Å². The fourth-order valence-electron chi connectivity index (χ4n) is 2.57. The van der Waals surface area contributed by atoms with Crippen molar-refractivity contribution in [3.05, 3.63) is 30.5 Å². The Labute approximate surface area is 101 Å². The lowest BCUT2D eigenvalue weighted by Crippen LogP contribution is -2.30. The van der Waals surface area contributed by atoms with Crippen LogP contribution in [0.1, 0.15) is 19.3 Å². The van der Waals surface area contributed by atoms with Crippen molar-refractivity contribution in [2.45, 2.75) is 19.3 Å². The predicted molar refractivity (Wildman–Crippen MR) is 72.2 cm³/mol. The molecule has 1 fully saturated rings. The number of fused-ring (bicyclic) bond motifs is 1. The first kappa shape index (κ1) is 10.4. The first-order valence-electron chi connectivity index (χ1n) is 6.24. The maximum absolute atomic E-state index is 6.25. The second-order valence-electron chi connectivity index (χ2n) is 4.62. The molecule has 0 spiro atoms. The summed E-state index contributed by atoms with van der Waals surface area (Å²) in [6.07, 6.45) is 5.67. The number of anilines is 2. The van der Waals surface area contributed by atoms with E-state index in [0.717, 1.165) is 35.4 Å². The van der Waals surface area contributed by atoms with E-state index in [1.807, 2.05) is 6.07 Å². The van der Waals surface area contributed by atoms with Crippen molar-refractivity contribution in [2.24, 2.45) is 0 Å². The van der Waals surface area contributed by atoms with Crippen molar-refractivity contribution in [3.63, 3.8) is 0 Å². The van der Waals surface area contributed by atoms with E-state index in [4.69, 9.17) is 5.73 Å². The Kier molecular flexibility index (Phi) is 2.59. The first-order chi connectivity index (χ1) is 8.36. The maximum Gasteiger partial charge on any atom is 0.0952 e. The van der Waals surface area contributed by atoms with Gasteiger partial charge in [-0.1, -0.05) is 12.1 Å². The summed E-state index contributed by atoms with van der Waals surface area (Å²) in [6.45, 7) is 2.23. The summed E-state index contributed by atoms with van der Waals surface area (Å²) in [7, 11) is 0. The van der Waals surface area contributed by atoms with Crippen LogP contribution in [0.2, 0.25) is 0 Å². The van der Waals surface area contributed by atoms with Crippen molar-refractivity contribution in [2.75, 3.05) is 23.7 Å². The van der Waals surface area contributed by atoms with Crippen LogP contribution in [0.4, 0.5) is 11.4 Å². The van der Waals surface area contributed by atoms with Crippen molar-refractivity contribution in [3.8, 4) is 0 Å². The van der Waals surface area contributed by atoms with Gasteiger partial charge in [-0.05, 0) is 31.4 Å². The maximum atomic E-state index is 6.25. The molecule has 1 aliphatic rings. The Balaban J connectivity index is 2.07. The Hall–Kier alpha value is -1.77. The van der Waals surface area contributed by atoms with Crippen LogP contribution in [0.5, 0.6) is 0 Å². The van der Waals surface area contributed by atoms with Gasteiger partial charge in [-0.25, -0.2) is 0 Å². The molecular formula is C14H17N3. The molecule has 3 rings (SSSR count). The van der Waals surface area contributed by atoms with Crippen LogP contribution in [0.25, 0.3) is 10.9 Å². The highest BCUT2D eigenvalue weighted by molar-refractivity contribution is 5.96. The van der Waals surface area contributed by atoms with Crippen molar-refractivity contribution < 1.29 is 0 Å². The standard InChI is InChI=1S/C14H17N3/c15-13-12(17-9-2-1-3-10-17)7-6-11-5-4-8-16-14(11)13/h4-8H,1-3,9-10,15H2. The minimum Gasteiger partial charge on any atom is -0.395 e. The first-order valence-corrected chi connectivity index (χ1v) is 6.24. The highest BCUT2D eigenvalue weighted by Gasteiger charge is 2.15. The minimum absolute atomic E-state index is 0.824. The van der Waals surface area contributed by atoms with Gasteiger partial charge in [0.05, 0.1) is 16.9 Å². The zero-order valence-corrected chi connectivity index (χ0v) is 9.89. The molecule has 0 atom stereocenters. The number of nitrogens with two attached hydrogens (primary N) is 1. The molecule has 0 unspecified atom stereocenters. The molecule has 0 saturated carbocycles. The summed E-state index contributed by atoms with van der Waals surface area (Å²) in [5.74, 6) is 0. The highest BCUT2D eigenvalue weighted by atomic mass is 15.1. The van der Waals surface area contributed by atoms with Gasteiger partial charge in [-0.15, -0.1) is 0 Å². The molecule has 17 heavy (non-hydrogen) atoms. The van der Waals surface area contributed by atoms with E-state index in [9.17, 15) is 0 Å². The van der Waals surface area contributed by atoms with E-state index in [-0.39, 0.29) is 0 Å². The number of pyridine rings is 1. The highest BCUT2D eigenvalue weighted by Crippen LogP contribution is 2.31. The third-order valence-corrected chi connectivity index (χ3v) is 3.49. The average molecular weight is 227 g/mol. The number of aromatic nitrogens is 1. The van der Waals surface area contributed by atoms with Crippen LogP contribution in [-0.4, -0.2) is 18.1 Å². The molecule has 0 amide bonds. The van der Waals surface area contributed by atoms with Gasteiger partial charge >= 0.3 is 0 Å². The average Bonchev–Trinajstić information content (AvgIpc) is 2.40. The molecule has 0 aliphatic carbocycles. The normalized spacial score (nSPS) is 16.4. The van der Waals surface area contributed by atoms with Crippen LogP contribution in [0.15, 0.2) is 30.5 Å². The van der Waals surface area contributed by atoms with Gasteiger partial charge in [0.2, 0.25) is 0 Å². The van der Waals surface area contributed by atoms with E-state index < -0.39 is 0 Å². The number of hydrogen-bond acceptors (Lipinski definition) is 3. The Morgan fingerprint density at radius 3 is 2.71 bits per heavy atom. The minimum atomic E-state index is 0.824. The molecule has 88 valence electrons. The molecule has 1 saturated heterocycles. The smallest absolute Gasteiger partial charge is 0.0952 e. The summed E-state index contributed by atoms with van der Waals surface area (Å²) in [5, 5.41) is 1.12. The predicted octanol–water partition coefficient (Wildman–Crippen LogP) is 2.81. The van der Waals surface area contributed by atoms with Crippen molar-refractivity contribution in [1.29, 1.82) is 0 Å². The number of rotatable bonds is 1. The third kappa shape index (κ3) is 1.82. The largest absolute Gasteiger partial charge is 0.395 e. The number of hydrogen-bond donors (Lipinski definition) is 1. The molecule has 2 heterocycles. The lowest BCUT2D eigenvalue weighted by molar-refractivity contribution is 0.578. The van der Waals surface area contributed by atoms with Gasteiger partial charge in [0.25, 0.3) is 0 Å². The Morgan fingerprint density at radius 2 is 1.88 bits per heavy atom. The zero-order chi connectivity index (χ0) is 11.7. The third-order valence-electron chi connectivity index (χ3n) is 3.49. The Morgan fingerprint density at radius 1 is 1.06 bits per heavy atom. The van der Waals surface area contributed by atoms with Crippen LogP contribution in [0.3, 0.4) is 0 Å².